The Bertz CT molecular complexity index is 1530. The van der Waals surface area contributed by atoms with Gasteiger partial charge in [-0.3, -0.25) is 4.79 Å². The summed E-state index contributed by atoms with van der Waals surface area (Å²) in [7, 11) is 1.59. The maximum absolute atomic E-state index is 13.3. The lowest BCUT2D eigenvalue weighted by Gasteiger charge is -2.27. The summed E-state index contributed by atoms with van der Waals surface area (Å²) in [5, 5.41) is 1.71. The Hall–Kier alpha value is -4.27. The topological polar surface area (TPSA) is 102 Å². The van der Waals surface area contributed by atoms with Gasteiger partial charge in [0.25, 0.3) is 5.91 Å². The fraction of sp³-hybridized carbons (Fsp3) is 0.208. The van der Waals surface area contributed by atoms with Crippen LogP contribution < -0.4 is 4.74 Å². The predicted molar refractivity (Wildman–Crippen MR) is 123 cm³/mol. The van der Waals surface area contributed by atoms with E-state index in [4.69, 9.17) is 4.74 Å². The van der Waals surface area contributed by atoms with Crippen molar-refractivity contribution in [3.05, 3.63) is 66.3 Å². The summed E-state index contributed by atoms with van der Waals surface area (Å²) < 4.78 is 7.52. The summed E-state index contributed by atoms with van der Waals surface area (Å²) >= 11 is 0. The van der Waals surface area contributed by atoms with Crippen molar-refractivity contribution in [2.75, 3.05) is 13.7 Å². The van der Waals surface area contributed by atoms with Crippen molar-refractivity contribution in [2.45, 2.75) is 20.0 Å². The summed E-state index contributed by atoms with van der Waals surface area (Å²) in [6.45, 7) is 3.85. The molecule has 0 radical (unpaired) electrons. The maximum atomic E-state index is 13.3. The molecule has 1 aliphatic rings. The van der Waals surface area contributed by atoms with Crippen LogP contribution in [0.25, 0.3) is 33.1 Å². The molecule has 9 nitrogen and oxygen atoms in total. The van der Waals surface area contributed by atoms with Gasteiger partial charge in [0, 0.05) is 42.6 Å². The van der Waals surface area contributed by atoms with E-state index >= 15 is 0 Å². The van der Waals surface area contributed by atoms with Crippen LogP contribution in [0.2, 0.25) is 0 Å². The second kappa shape index (κ2) is 7.40. The molecule has 0 atom stereocenters. The fourth-order valence-electron chi connectivity index (χ4n) is 4.47. The van der Waals surface area contributed by atoms with E-state index in [2.05, 4.69) is 29.5 Å². The zero-order valence-corrected chi connectivity index (χ0v) is 18.2. The molecule has 4 aromatic heterocycles. The first-order valence-electron chi connectivity index (χ1n) is 10.7. The molecule has 5 heterocycles. The minimum Gasteiger partial charge on any atom is -0.480 e. The van der Waals surface area contributed by atoms with Gasteiger partial charge in [0.2, 0.25) is 5.88 Å². The fourth-order valence-corrected chi connectivity index (χ4v) is 4.47. The van der Waals surface area contributed by atoms with Crippen LogP contribution in [-0.4, -0.2) is 53.9 Å². The number of nitrogens with one attached hydrogen (secondary N) is 1. The van der Waals surface area contributed by atoms with Crippen LogP contribution in [-0.2, 0) is 13.1 Å². The van der Waals surface area contributed by atoms with Gasteiger partial charge in [0.05, 0.1) is 35.8 Å². The highest BCUT2D eigenvalue weighted by Gasteiger charge is 2.24. The van der Waals surface area contributed by atoms with Crippen molar-refractivity contribution in [2.24, 2.45) is 0 Å². The van der Waals surface area contributed by atoms with Gasteiger partial charge in [0.15, 0.2) is 0 Å². The number of nitrogens with zero attached hydrogens (tertiary/aromatic N) is 6. The van der Waals surface area contributed by atoms with Crippen molar-refractivity contribution < 1.29 is 9.53 Å². The molecule has 6 rings (SSSR count). The van der Waals surface area contributed by atoms with E-state index in [-0.39, 0.29) is 5.91 Å². The Balaban J connectivity index is 1.38. The normalized spacial score (nSPS) is 13.5. The number of H-pyrrole nitrogens is 1. The number of fused-ring (bicyclic) bond motifs is 3. The number of benzene rings is 1. The first-order chi connectivity index (χ1) is 16.1. The summed E-state index contributed by atoms with van der Waals surface area (Å²) in [5.74, 6) is 1.39. The van der Waals surface area contributed by atoms with Crippen LogP contribution in [0.1, 0.15) is 21.9 Å². The van der Waals surface area contributed by atoms with Gasteiger partial charge in [-0.25, -0.2) is 19.9 Å². The third-order valence-corrected chi connectivity index (χ3v) is 6.09. The average molecular weight is 439 g/mol. The quantitative estimate of drug-likeness (QED) is 0.463. The van der Waals surface area contributed by atoms with Gasteiger partial charge < -0.3 is 19.2 Å². The van der Waals surface area contributed by atoms with Gasteiger partial charge >= 0.3 is 0 Å². The highest BCUT2D eigenvalue weighted by molar-refractivity contribution is 6.02. The molecule has 0 saturated carbocycles. The zero-order chi connectivity index (χ0) is 22.5. The second-order valence-electron chi connectivity index (χ2n) is 8.16. The lowest BCUT2D eigenvalue weighted by atomic mass is 10.0. The number of hydrogen-bond donors (Lipinski definition) is 1. The van der Waals surface area contributed by atoms with Gasteiger partial charge in [-0.15, -0.1) is 0 Å². The molecule has 0 bridgehead atoms. The highest BCUT2D eigenvalue weighted by Crippen LogP contribution is 2.32. The van der Waals surface area contributed by atoms with Gasteiger partial charge in [-0.05, 0) is 30.7 Å². The van der Waals surface area contributed by atoms with Crippen LogP contribution in [0.3, 0.4) is 0 Å². The molecular weight excluding hydrogens is 418 g/mol. The van der Waals surface area contributed by atoms with E-state index in [1.807, 2.05) is 48.5 Å². The summed E-state index contributed by atoms with van der Waals surface area (Å²) in [6.07, 6.45) is 7.06. The minimum atomic E-state index is -0.0444. The first-order valence-corrected chi connectivity index (χ1v) is 10.7. The van der Waals surface area contributed by atoms with Gasteiger partial charge in [0.1, 0.15) is 17.8 Å². The number of aromatic amines is 1. The lowest BCUT2D eigenvalue weighted by molar-refractivity contribution is 0.0707. The van der Waals surface area contributed by atoms with Crippen LogP contribution in [0.4, 0.5) is 0 Å². The molecule has 5 aromatic rings. The molecule has 9 heteroatoms. The van der Waals surface area contributed by atoms with Gasteiger partial charge in [-0.2, -0.15) is 0 Å². The number of amides is 1. The maximum Gasteiger partial charge on any atom is 0.255 e. The number of aromatic nitrogens is 6. The highest BCUT2D eigenvalue weighted by atomic mass is 16.5. The third kappa shape index (κ3) is 3.20. The van der Waals surface area contributed by atoms with Crippen LogP contribution in [0.5, 0.6) is 5.88 Å². The van der Waals surface area contributed by atoms with Crippen molar-refractivity contribution in [3.8, 4) is 17.0 Å². The van der Waals surface area contributed by atoms with E-state index in [1.165, 1.54) is 6.33 Å². The van der Waals surface area contributed by atoms with E-state index < -0.39 is 0 Å². The van der Waals surface area contributed by atoms with Crippen molar-refractivity contribution in [3.63, 3.8) is 0 Å². The summed E-state index contributed by atoms with van der Waals surface area (Å²) in [5.41, 5.74) is 4.97. The molecule has 164 valence electrons. The first kappa shape index (κ1) is 19.4. The van der Waals surface area contributed by atoms with E-state index in [1.54, 1.807) is 13.3 Å². The molecular formula is C24H21N7O2. The number of hydrogen-bond acceptors (Lipinski definition) is 6. The van der Waals surface area contributed by atoms with Crippen LogP contribution >= 0.6 is 0 Å². The zero-order valence-electron chi connectivity index (χ0n) is 18.2. The summed E-state index contributed by atoms with van der Waals surface area (Å²) in [4.78, 5) is 35.9. The number of rotatable bonds is 3. The second-order valence-corrected chi connectivity index (χ2v) is 8.16. The van der Waals surface area contributed by atoms with Crippen molar-refractivity contribution in [1.82, 2.24) is 34.4 Å². The van der Waals surface area contributed by atoms with Gasteiger partial charge in [-0.1, -0.05) is 6.07 Å². The Labute approximate surface area is 189 Å². The SMILES string of the molecule is COc1ncnc2ccc(-c3c[nH]c4ncc(C(=O)N5CCn6cc(C)nc6C5)cc34)cc12. The Morgan fingerprint density at radius 1 is 1.12 bits per heavy atom. The number of methoxy groups -OCH3 is 1. The smallest absolute Gasteiger partial charge is 0.255 e. The van der Waals surface area contributed by atoms with Crippen LogP contribution in [0, 0.1) is 6.92 Å². The van der Waals surface area contributed by atoms with E-state index in [0.717, 1.165) is 51.1 Å². The molecule has 1 aromatic carbocycles. The molecule has 0 spiro atoms. The molecule has 1 amide bonds. The van der Waals surface area contributed by atoms with Crippen molar-refractivity contribution >= 4 is 27.8 Å². The van der Waals surface area contributed by atoms with E-state index in [9.17, 15) is 4.79 Å². The molecule has 1 aliphatic heterocycles. The minimum absolute atomic E-state index is 0.0444. The summed E-state index contributed by atoms with van der Waals surface area (Å²) in [6, 6.07) is 7.84. The average Bonchev–Trinajstić information content (AvgIpc) is 3.44. The lowest BCUT2D eigenvalue weighted by Crippen LogP contribution is -2.38. The Morgan fingerprint density at radius 2 is 2.03 bits per heavy atom. The number of carbonyl (C=O) groups excluding carboxylic acids is 1. The third-order valence-electron chi connectivity index (χ3n) is 6.09. The number of imidazole rings is 1. The predicted octanol–water partition coefficient (Wildman–Crippen LogP) is 3.34. The number of carbonyl (C=O) groups is 1. The number of aryl methyl sites for hydroxylation is 1. The molecule has 1 N–H and O–H groups in total. The largest absolute Gasteiger partial charge is 0.480 e. The number of pyridine rings is 1. The Kier molecular flexibility index (Phi) is 4.36. The molecule has 0 aliphatic carbocycles. The van der Waals surface area contributed by atoms with Crippen molar-refractivity contribution in [1.29, 1.82) is 0 Å². The standard InChI is InChI=1S/C24H21N7O2/c1-14-11-30-5-6-31(12-21(30)29-14)24(32)16-8-17-19(10-26-22(17)25-9-16)15-3-4-20-18(7-15)23(33-2)28-13-27-20/h3-4,7-11,13H,5-6,12H2,1-2H3,(H,25,26). The monoisotopic (exact) mass is 439 g/mol. The molecule has 0 fully saturated rings. The molecule has 0 unspecified atom stereocenters. The van der Waals surface area contributed by atoms with E-state index in [0.29, 0.717) is 24.5 Å². The molecule has 33 heavy (non-hydrogen) atoms. The number of ether oxygens (including phenoxy) is 1. The Morgan fingerprint density at radius 3 is 2.91 bits per heavy atom. The molecule has 0 saturated heterocycles. The van der Waals surface area contributed by atoms with Crippen LogP contribution in [0.15, 0.2) is 49.2 Å².